The van der Waals surface area contributed by atoms with Crippen LogP contribution in [0.1, 0.15) is 25.0 Å². The summed E-state index contributed by atoms with van der Waals surface area (Å²) in [6, 6.07) is 0.960. The van der Waals surface area contributed by atoms with Gasteiger partial charge in [-0.25, -0.2) is 4.98 Å². The first-order valence-electron chi connectivity index (χ1n) is 6.99. The highest BCUT2D eigenvalue weighted by molar-refractivity contribution is 5.44. The molecule has 1 saturated carbocycles. The van der Waals surface area contributed by atoms with Crippen molar-refractivity contribution in [3.05, 3.63) is 11.8 Å². The number of aromatic nitrogens is 2. The highest BCUT2D eigenvalue weighted by Gasteiger charge is 2.41. The second kappa shape index (κ2) is 5.32. The third-order valence-corrected chi connectivity index (χ3v) is 3.80. The van der Waals surface area contributed by atoms with Gasteiger partial charge in [0.15, 0.2) is 5.69 Å². The molecule has 116 valence electrons. The molecule has 21 heavy (non-hydrogen) atoms. The molecule has 0 aromatic carbocycles. The molecule has 2 atom stereocenters. The highest BCUT2D eigenvalue weighted by atomic mass is 19.4. The van der Waals surface area contributed by atoms with Crippen molar-refractivity contribution in [1.29, 1.82) is 0 Å². The lowest BCUT2D eigenvalue weighted by Crippen LogP contribution is -2.31. The van der Waals surface area contributed by atoms with Gasteiger partial charge < -0.3 is 15.4 Å². The molecule has 2 N–H and O–H groups in total. The van der Waals surface area contributed by atoms with Gasteiger partial charge in [-0.05, 0) is 25.2 Å². The molecule has 2 aliphatic rings. The number of ether oxygens (including phenoxy) is 1. The van der Waals surface area contributed by atoms with Crippen LogP contribution in [-0.2, 0) is 10.9 Å². The Kier molecular flexibility index (Phi) is 3.64. The maximum atomic E-state index is 12.8. The van der Waals surface area contributed by atoms with Gasteiger partial charge in [0.1, 0.15) is 5.82 Å². The van der Waals surface area contributed by atoms with E-state index >= 15 is 0 Å². The van der Waals surface area contributed by atoms with E-state index in [1.54, 1.807) is 0 Å². The number of nitrogens with one attached hydrogen (secondary N) is 2. The van der Waals surface area contributed by atoms with Crippen molar-refractivity contribution < 1.29 is 17.9 Å². The summed E-state index contributed by atoms with van der Waals surface area (Å²) in [7, 11) is 1.49. The summed E-state index contributed by atoms with van der Waals surface area (Å²) in [5, 5.41) is 5.64. The first-order valence-corrected chi connectivity index (χ1v) is 6.99. The van der Waals surface area contributed by atoms with Gasteiger partial charge in [-0.15, -0.1) is 0 Å². The Morgan fingerprint density at radius 2 is 2.00 bits per heavy atom. The molecule has 1 aliphatic carbocycles. The number of anilines is 2. The van der Waals surface area contributed by atoms with E-state index in [1.807, 2.05) is 0 Å². The van der Waals surface area contributed by atoms with Crippen LogP contribution in [0.15, 0.2) is 6.07 Å². The zero-order chi connectivity index (χ0) is 15.0. The predicted octanol–water partition coefficient (Wildman–Crippen LogP) is 2.52. The van der Waals surface area contributed by atoms with Crippen molar-refractivity contribution in [3.8, 4) is 0 Å². The first kappa shape index (κ1) is 14.4. The Morgan fingerprint density at radius 3 is 2.62 bits per heavy atom. The second-order valence-corrected chi connectivity index (χ2v) is 5.42. The van der Waals surface area contributed by atoms with Gasteiger partial charge in [-0.2, -0.15) is 18.2 Å². The fourth-order valence-corrected chi connectivity index (χ4v) is 2.62. The summed E-state index contributed by atoms with van der Waals surface area (Å²) in [6.07, 6.45) is -1.38. The number of hydrogen-bond donors (Lipinski definition) is 2. The molecule has 3 rings (SSSR count). The van der Waals surface area contributed by atoms with Gasteiger partial charge in [-0.3, -0.25) is 0 Å². The molecule has 5 nitrogen and oxygen atoms in total. The van der Waals surface area contributed by atoms with Crippen LogP contribution in [-0.4, -0.2) is 35.8 Å². The lowest BCUT2D eigenvalue weighted by molar-refractivity contribution is -0.141. The van der Waals surface area contributed by atoms with E-state index < -0.39 is 11.9 Å². The average molecular weight is 302 g/mol. The topological polar surface area (TPSA) is 59.1 Å². The van der Waals surface area contributed by atoms with Gasteiger partial charge >= 0.3 is 6.18 Å². The molecule has 0 radical (unpaired) electrons. The van der Waals surface area contributed by atoms with E-state index in [2.05, 4.69) is 20.6 Å². The van der Waals surface area contributed by atoms with E-state index in [1.165, 1.54) is 7.05 Å². The third-order valence-electron chi connectivity index (χ3n) is 3.80. The van der Waals surface area contributed by atoms with E-state index in [4.69, 9.17) is 4.74 Å². The smallest absolute Gasteiger partial charge is 0.376 e. The summed E-state index contributed by atoms with van der Waals surface area (Å²) >= 11 is 0. The van der Waals surface area contributed by atoms with Crippen molar-refractivity contribution in [3.63, 3.8) is 0 Å². The SMILES string of the molecule is CNc1nc(NC2CCOC2C2CC2)cc(C(F)(F)F)n1. The van der Waals surface area contributed by atoms with Crippen LogP contribution in [0.2, 0.25) is 0 Å². The fourth-order valence-electron chi connectivity index (χ4n) is 2.62. The molecule has 1 saturated heterocycles. The van der Waals surface area contributed by atoms with E-state index in [9.17, 15) is 13.2 Å². The molecule has 0 spiro atoms. The normalized spacial score (nSPS) is 25.9. The molecular weight excluding hydrogens is 285 g/mol. The molecule has 2 fully saturated rings. The second-order valence-electron chi connectivity index (χ2n) is 5.42. The summed E-state index contributed by atoms with van der Waals surface area (Å²) < 4.78 is 44.2. The van der Waals surface area contributed by atoms with Crippen molar-refractivity contribution in [2.45, 2.75) is 37.6 Å². The third kappa shape index (κ3) is 3.20. The van der Waals surface area contributed by atoms with Crippen LogP contribution in [0.3, 0.4) is 0 Å². The Hall–Kier alpha value is -1.57. The Bertz CT molecular complexity index is 519. The zero-order valence-electron chi connectivity index (χ0n) is 11.6. The van der Waals surface area contributed by atoms with E-state index in [-0.39, 0.29) is 23.9 Å². The van der Waals surface area contributed by atoms with Gasteiger partial charge in [0, 0.05) is 19.7 Å². The number of nitrogens with zero attached hydrogens (tertiary/aromatic N) is 2. The number of halogens is 3. The van der Waals surface area contributed by atoms with Gasteiger partial charge in [0.25, 0.3) is 0 Å². The fraction of sp³-hybridized carbons (Fsp3) is 0.692. The zero-order valence-corrected chi connectivity index (χ0v) is 11.6. The quantitative estimate of drug-likeness (QED) is 0.895. The summed E-state index contributed by atoms with van der Waals surface area (Å²) in [5.41, 5.74) is -0.953. The first-order chi connectivity index (χ1) is 9.97. The molecule has 2 heterocycles. The molecule has 1 aromatic rings. The van der Waals surface area contributed by atoms with E-state index in [0.717, 1.165) is 25.3 Å². The molecule has 8 heteroatoms. The monoisotopic (exact) mass is 302 g/mol. The predicted molar refractivity (Wildman–Crippen MR) is 71.1 cm³/mol. The minimum atomic E-state index is -4.49. The van der Waals surface area contributed by atoms with Crippen molar-refractivity contribution >= 4 is 11.8 Å². The van der Waals surface area contributed by atoms with Crippen LogP contribution in [0, 0.1) is 5.92 Å². The van der Waals surface area contributed by atoms with Crippen molar-refractivity contribution in [2.75, 3.05) is 24.3 Å². The molecule has 1 aromatic heterocycles. The minimum absolute atomic E-state index is 0.0122. The van der Waals surface area contributed by atoms with Crippen LogP contribution in [0.5, 0.6) is 0 Å². The maximum absolute atomic E-state index is 12.8. The van der Waals surface area contributed by atoms with Crippen LogP contribution in [0.25, 0.3) is 0 Å². The molecule has 0 amide bonds. The summed E-state index contributed by atoms with van der Waals surface area (Å²) in [4.78, 5) is 7.50. The standard InChI is InChI=1S/C13H17F3N4O/c1-17-12-19-9(13(14,15)16)6-10(20-12)18-8-4-5-21-11(8)7-2-3-7/h6-8,11H,2-5H2,1H3,(H2,17,18,19,20). The highest BCUT2D eigenvalue weighted by Crippen LogP contribution is 2.39. The van der Waals surface area contributed by atoms with Crippen molar-refractivity contribution in [2.24, 2.45) is 5.92 Å². The number of hydrogen-bond acceptors (Lipinski definition) is 5. The Labute approximate surface area is 120 Å². The number of rotatable bonds is 4. The van der Waals surface area contributed by atoms with Crippen LogP contribution < -0.4 is 10.6 Å². The molecule has 2 unspecified atom stereocenters. The summed E-state index contributed by atoms with van der Waals surface area (Å²) in [5.74, 6) is 0.662. The lowest BCUT2D eigenvalue weighted by Gasteiger charge is -2.20. The van der Waals surface area contributed by atoms with Crippen molar-refractivity contribution in [1.82, 2.24) is 9.97 Å². The molecule has 1 aliphatic heterocycles. The lowest BCUT2D eigenvalue weighted by atomic mass is 10.1. The molecule has 0 bridgehead atoms. The Morgan fingerprint density at radius 1 is 1.24 bits per heavy atom. The van der Waals surface area contributed by atoms with Crippen LogP contribution in [0.4, 0.5) is 24.9 Å². The Balaban J connectivity index is 1.80. The van der Waals surface area contributed by atoms with Gasteiger partial charge in [0.2, 0.25) is 5.95 Å². The average Bonchev–Trinajstić information content (AvgIpc) is 3.18. The van der Waals surface area contributed by atoms with Gasteiger partial charge in [-0.1, -0.05) is 0 Å². The van der Waals surface area contributed by atoms with Crippen LogP contribution >= 0.6 is 0 Å². The van der Waals surface area contributed by atoms with Gasteiger partial charge in [0.05, 0.1) is 12.1 Å². The van der Waals surface area contributed by atoms with E-state index in [0.29, 0.717) is 12.5 Å². The summed E-state index contributed by atoms with van der Waals surface area (Å²) in [6.45, 7) is 0.634. The minimum Gasteiger partial charge on any atom is -0.376 e. The number of alkyl halides is 3. The largest absolute Gasteiger partial charge is 0.433 e. The maximum Gasteiger partial charge on any atom is 0.433 e. The molecular formula is C13H17F3N4O.